The highest BCUT2D eigenvalue weighted by Crippen LogP contribution is 2.44. The summed E-state index contributed by atoms with van der Waals surface area (Å²) in [6, 6.07) is 0. The molecule has 0 amide bonds. The molecule has 0 aromatic rings. The summed E-state index contributed by atoms with van der Waals surface area (Å²) < 4.78 is 17.5. The van der Waals surface area contributed by atoms with Gasteiger partial charge in [0.2, 0.25) is 5.60 Å². The van der Waals surface area contributed by atoms with Gasteiger partial charge in [0.15, 0.2) is 11.6 Å². The Labute approximate surface area is 290 Å². The van der Waals surface area contributed by atoms with Crippen LogP contribution in [-0.2, 0) is 18.7 Å². The molecular formula is C39H77NO6P+. The maximum Gasteiger partial charge on any atom is 0.471 e. The molecule has 0 aliphatic heterocycles. The normalized spacial score (nSPS) is 13.8. The van der Waals surface area contributed by atoms with Gasteiger partial charge in [0.1, 0.15) is 6.54 Å². The number of unbranched alkanes of at least 4 members (excludes halogenated alkanes) is 23. The van der Waals surface area contributed by atoms with Crippen LogP contribution in [0.2, 0.25) is 0 Å². The van der Waals surface area contributed by atoms with Crippen molar-refractivity contribution < 1.29 is 32.9 Å². The van der Waals surface area contributed by atoms with Crippen molar-refractivity contribution in [2.24, 2.45) is 0 Å². The van der Waals surface area contributed by atoms with Gasteiger partial charge in [-0.3, -0.25) is 14.1 Å². The molecule has 0 bridgehead atoms. The first-order valence-electron chi connectivity index (χ1n) is 19.7. The Morgan fingerprint density at radius 1 is 0.553 bits per heavy atom. The van der Waals surface area contributed by atoms with E-state index in [1.54, 1.807) is 0 Å². The monoisotopic (exact) mass is 687 g/mol. The van der Waals surface area contributed by atoms with Crippen molar-refractivity contribution in [2.75, 3.05) is 27.7 Å². The number of Topliss-reactive ketones (excluding diaryl/α,β-unsaturated/α-hetero) is 2. The van der Waals surface area contributed by atoms with Gasteiger partial charge in [-0.05, 0) is 38.5 Å². The van der Waals surface area contributed by atoms with E-state index in [2.05, 4.69) is 26.0 Å². The third-order valence-corrected chi connectivity index (χ3v) is 9.60. The molecule has 0 spiro atoms. The lowest BCUT2D eigenvalue weighted by Gasteiger charge is -2.37. The predicted octanol–water partition coefficient (Wildman–Crippen LogP) is 11.2. The summed E-state index contributed by atoms with van der Waals surface area (Å²) in [6.07, 6.45) is 34.9. The minimum absolute atomic E-state index is 0.0858. The zero-order valence-corrected chi connectivity index (χ0v) is 32.5. The van der Waals surface area contributed by atoms with E-state index in [4.69, 9.17) is 4.52 Å². The lowest BCUT2D eigenvalue weighted by atomic mass is 9.86. The van der Waals surface area contributed by atoms with Crippen LogP contribution in [0.25, 0.3) is 0 Å². The number of phosphoric acid groups is 1. The fourth-order valence-electron chi connectivity index (χ4n) is 6.40. The quantitative estimate of drug-likeness (QED) is 0.0226. The van der Waals surface area contributed by atoms with Gasteiger partial charge in [0.25, 0.3) is 0 Å². The molecule has 7 nitrogen and oxygen atoms in total. The van der Waals surface area contributed by atoms with Crippen LogP contribution in [-0.4, -0.2) is 59.1 Å². The van der Waals surface area contributed by atoms with Gasteiger partial charge in [0.05, 0.1) is 21.1 Å². The minimum atomic E-state index is -5.09. The Morgan fingerprint density at radius 3 is 1.15 bits per heavy atom. The number of carbonyl (C=O) groups excluding carboxylic acids is 2. The largest absolute Gasteiger partial charge is 0.471 e. The Balaban J connectivity index is 4.64. The van der Waals surface area contributed by atoms with Crippen molar-refractivity contribution in [2.45, 2.75) is 199 Å². The maximum absolute atomic E-state index is 13.6. The molecule has 0 fully saturated rings. The zero-order valence-electron chi connectivity index (χ0n) is 31.6. The number of phosphoric ester groups is 1. The number of rotatable bonds is 35. The molecule has 2 N–H and O–H groups in total. The number of likely N-dealkylation sites (N-methyl/N-ethyl adjacent to an activating group) is 1. The van der Waals surface area contributed by atoms with Crippen molar-refractivity contribution in [3.05, 3.63) is 12.2 Å². The van der Waals surface area contributed by atoms with Gasteiger partial charge < -0.3 is 14.3 Å². The minimum Gasteiger partial charge on any atom is -0.328 e. The van der Waals surface area contributed by atoms with Crippen LogP contribution in [0.3, 0.4) is 0 Å². The highest BCUT2D eigenvalue weighted by molar-refractivity contribution is 7.46. The van der Waals surface area contributed by atoms with E-state index >= 15 is 0 Å². The molecule has 0 saturated carbocycles. The van der Waals surface area contributed by atoms with E-state index in [0.29, 0.717) is 12.8 Å². The summed E-state index contributed by atoms with van der Waals surface area (Å²) in [6.45, 7) is 4.39. The van der Waals surface area contributed by atoms with Gasteiger partial charge >= 0.3 is 7.82 Å². The van der Waals surface area contributed by atoms with Crippen molar-refractivity contribution >= 4 is 19.4 Å². The molecule has 47 heavy (non-hydrogen) atoms. The molecule has 0 radical (unpaired) electrons. The number of nitrogens with zero attached hydrogens (tertiary/aromatic N) is 1. The number of carbonyl (C=O) groups is 2. The Bertz CT molecular complexity index is 849. The molecule has 0 aliphatic carbocycles. The van der Waals surface area contributed by atoms with E-state index in [-0.39, 0.29) is 23.9 Å². The summed E-state index contributed by atoms with van der Waals surface area (Å²) in [5.41, 5.74) is -2.12. The maximum atomic E-state index is 13.6. The van der Waals surface area contributed by atoms with Crippen molar-refractivity contribution in [3.63, 3.8) is 0 Å². The molecule has 0 aliphatic rings. The smallest absolute Gasteiger partial charge is 0.328 e. The summed E-state index contributed by atoms with van der Waals surface area (Å²) in [4.78, 5) is 46.9. The first-order valence-corrected chi connectivity index (χ1v) is 21.2. The number of hydrogen-bond donors (Lipinski definition) is 2. The van der Waals surface area contributed by atoms with Crippen LogP contribution in [0.15, 0.2) is 12.2 Å². The Morgan fingerprint density at radius 2 is 0.851 bits per heavy atom. The molecular weight excluding hydrogens is 609 g/mol. The number of allylic oxidation sites excluding steroid dienone is 2. The van der Waals surface area contributed by atoms with E-state index < -0.39 is 25.0 Å². The molecule has 278 valence electrons. The second kappa shape index (κ2) is 28.9. The fraction of sp³-hybridized carbons (Fsp3) is 0.897. The highest BCUT2D eigenvalue weighted by atomic mass is 31.2. The highest BCUT2D eigenvalue weighted by Gasteiger charge is 2.53. The van der Waals surface area contributed by atoms with Gasteiger partial charge in [0, 0.05) is 12.8 Å². The molecule has 0 aromatic carbocycles. The van der Waals surface area contributed by atoms with Crippen LogP contribution >= 0.6 is 7.82 Å². The Kier molecular flexibility index (Phi) is 28.4. The molecule has 1 unspecified atom stereocenters. The van der Waals surface area contributed by atoms with Crippen LogP contribution in [0.5, 0.6) is 0 Å². The van der Waals surface area contributed by atoms with E-state index in [9.17, 15) is 23.9 Å². The molecule has 0 aromatic heterocycles. The van der Waals surface area contributed by atoms with Crippen LogP contribution in [0, 0.1) is 0 Å². The van der Waals surface area contributed by atoms with Gasteiger partial charge in [-0.25, -0.2) is 4.57 Å². The molecule has 8 heteroatoms. The standard InChI is InChI=1S/C39H76NO6P/c1-6-8-10-12-14-16-18-20-21-23-25-27-29-31-33-35-38(42)39(36-40(3,4)5,46-47(43,44)45)37(41)34-32-30-28-26-24-22-19-17-15-13-11-9-7-2/h20-21H,6-19,22-36H2,1-5H3,(H-,43,44,45)/p+1. The van der Waals surface area contributed by atoms with Gasteiger partial charge in [-0.15, -0.1) is 0 Å². The lowest BCUT2D eigenvalue weighted by Crippen LogP contribution is -2.59. The summed E-state index contributed by atoms with van der Waals surface area (Å²) in [5.74, 6) is -0.985. The second-order valence-corrected chi connectivity index (χ2v) is 16.2. The van der Waals surface area contributed by atoms with E-state index in [0.717, 1.165) is 57.8 Å². The number of hydrogen-bond acceptors (Lipinski definition) is 4. The van der Waals surface area contributed by atoms with Crippen molar-refractivity contribution in [1.82, 2.24) is 0 Å². The molecule has 1 atom stereocenters. The average molecular weight is 687 g/mol. The van der Waals surface area contributed by atoms with Crippen LogP contribution < -0.4 is 0 Å². The van der Waals surface area contributed by atoms with E-state index in [1.165, 1.54) is 96.3 Å². The average Bonchev–Trinajstić information content (AvgIpc) is 2.99. The zero-order chi connectivity index (χ0) is 35.3. The van der Waals surface area contributed by atoms with Gasteiger partial charge in [-0.2, -0.15) is 0 Å². The lowest BCUT2D eigenvalue weighted by molar-refractivity contribution is -0.874. The first-order chi connectivity index (χ1) is 22.4. The fourth-order valence-corrected chi connectivity index (χ4v) is 7.06. The van der Waals surface area contributed by atoms with Crippen LogP contribution in [0.1, 0.15) is 194 Å². The SMILES string of the molecule is CCCCCCCCC=CCCCCCCCC(=O)C(C[N+](C)(C)C)(OP(=O)(O)O)C(=O)CCCCCCCCCCCCCCC. The van der Waals surface area contributed by atoms with E-state index in [1.807, 2.05) is 21.1 Å². The summed E-state index contributed by atoms with van der Waals surface area (Å²) in [7, 11) is 0.348. The van der Waals surface area contributed by atoms with Crippen molar-refractivity contribution in [1.29, 1.82) is 0 Å². The molecule has 0 heterocycles. The summed E-state index contributed by atoms with van der Waals surface area (Å²) in [5, 5.41) is 0. The molecule has 0 saturated heterocycles. The topological polar surface area (TPSA) is 101 Å². The third kappa shape index (κ3) is 27.6. The Hall–Kier alpha value is -0.850. The number of ketones is 2. The number of quaternary nitrogens is 1. The molecule has 0 rings (SSSR count). The summed E-state index contributed by atoms with van der Waals surface area (Å²) >= 11 is 0. The third-order valence-electron chi connectivity index (χ3n) is 9.05. The van der Waals surface area contributed by atoms with Crippen LogP contribution in [0.4, 0.5) is 0 Å². The van der Waals surface area contributed by atoms with Crippen molar-refractivity contribution in [3.8, 4) is 0 Å². The van der Waals surface area contributed by atoms with Gasteiger partial charge in [-0.1, -0.05) is 154 Å². The predicted molar refractivity (Wildman–Crippen MR) is 199 cm³/mol. The first kappa shape index (κ1) is 46.1. The second-order valence-electron chi connectivity index (χ2n) is 15.0.